The summed E-state index contributed by atoms with van der Waals surface area (Å²) in [5.41, 5.74) is 1.97. The number of alkyl halides is 2. The Morgan fingerprint density at radius 2 is 2.08 bits per heavy atom. The van der Waals surface area contributed by atoms with Crippen LogP contribution in [0.25, 0.3) is 6.08 Å². The van der Waals surface area contributed by atoms with Gasteiger partial charge in [-0.2, -0.15) is 13.9 Å². The molecule has 5 nitrogen and oxygen atoms in total. The first-order valence-electron chi connectivity index (χ1n) is 7.92. The van der Waals surface area contributed by atoms with E-state index in [0.717, 1.165) is 5.69 Å². The van der Waals surface area contributed by atoms with Gasteiger partial charge in [0, 0.05) is 12.2 Å². The van der Waals surface area contributed by atoms with E-state index in [-0.39, 0.29) is 17.3 Å². The molecule has 2 rings (SSSR count). The van der Waals surface area contributed by atoms with Gasteiger partial charge >= 0.3 is 6.61 Å². The number of hydrogen-bond donors (Lipinski definition) is 0. The quantitative estimate of drug-likeness (QED) is 0.531. The molecule has 0 amide bonds. The third-order valence-corrected chi connectivity index (χ3v) is 3.58. The summed E-state index contributed by atoms with van der Waals surface area (Å²) in [5.74, 6) is -0.0177. The number of rotatable bonds is 8. The lowest BCUT2D eigenvalue weighted by Gasteiger charge is -2.11. The molecule has 1 aromatic carbocycles. The van der Waals surface area contributed by atoms with Crippen molar-refractivity contribution in [2.24, 2.45) is 0 Å². The number of carbonyl (C=O) groups excluding carboxylic acids is 1. The zero-order valence-corrected chi connectivity index (χ0v) is 14.3. The fourth-order valence-electron chi connectivity index (χ4n) is 2.36. The van der Waals surface area contributed by atoms with E-state index < -0.39 is 6.61 Å². The Balaban J connectivity index is 2.20. The first kappa shape index (κ1) is 18.6. The van der Waals surface area contributed by atoms with Gasteiger partial charge in [-0.3, -0.25) is 9.48 Å². The predicted molar refractivity (Wildman–Crippen MR) is 90.2 cm³/mol. The molecule has 2 aromatic rings. The molecule has 0 radical (unpaired) electrons. The number of allylic oxidation sites excluding steroid dienone is 1. The molecule has 0 spiro atoms. The molecule has 0 aliphatic rings. The highest BCUT2D eigenvalue weighted by Crippen LogP contribution is 2.30. The van der Waals surface area contributed by atoms with E-state index in [1.54, 1.807) is 29.8 Å². The second-order valence-corrected chi connectivity index (χ2v) is 5.17. The number of halogens is 2. The number of benzene rings is 1. The van der Waals surface area contributed by atoms with Crippen LogP contribution in [0, 0.1) is 6.92 Å². The van der Waals surface area contributed by atoms with Crippen molar-refractivity contribution in [1.29, 1.82) is 0 Å². The maximum Gasteiger partial charge on any atom is 0.387 e. The number of nitrogens with zero attached hydrogens (tertiary/aromatic N) is 2. The summed E-state index contributed by atoms with van der Waals surface area (Å²) in [6.45, 7) is 3.59. The van der Waals surface area contributed by atoms with Crippen LogP contribution in [0.3, 0.4) is 0 Å². The molecular weight excluding hydrogens is 330 g/mol. The molecule has 25 heavy (non-hydrogen) atoms. The van der Waals surface area contributed by atoms with Crippen LogP contribution in [0.2, 0.25) is 0 Å². The van der Waals surface area contributed by atoms with E-state index >= 15 is 0 Å². The number of ketones is 1. The number of ether oxygens (including phenoxy) is 2. The molecule has 7 heteroatoms. The lowest BCUT2D eigenvalue weighted by atomic mass is 10.1. The second-order valence-electron chi connectivity index (χ2n) is 5.17. The molecule has 0 saturated heterocycles. The fourth-order valence-corrected chi connectivity index (χ4v) is 2.36. The first-order chi connectivity index (χ1) is 12.0. The zero-order valence-electron chi connectivity index (χ0n) is 14.3. The Labute approximate surface area is 144 Å². The molecule has 0 N–H and O–H groups in total. The normalized spacial score (nSPS) is 11.3. The lowest BCUT2D eigenvalue weighted by Crippen LogP contribution is -2.04. The molecule has 0 aliphatic heterocycles. The van der Waals surface area contributed by atoms with Crippen LogP contribution in [0.15, 0.2) is 30.5 Å². The van der Waals surface area contributed by atoms with Gasteiger partial charge < -0.3 is 9.47 Å². The molecule has 0 bridgehead atoms. The molecule has 0 atom stereocenters. The molecular formula is C18H20F2N2O3. The zero-order chi connectivity index (χ0) is 18.4. The Bertz CT molecular complexity index is 770. The standard InChI is InChI=1S/C18H20F2N2O3/c1-4-22-12(3)14(11-21-22)15(23)8-6-13-7-9-16(25-18(19)20)17(10-13)24-5-2/h6-11,18H,4-5H2,1-3H3/b8-6+. The van der Waals surface area contributed by atoms with Gasteiger partial charge in [0.2, 0.25) is 0 Å². The van der Waals surface area contributed by atoms with E-state index in [4.69, 9.17) is 4.74 Å². The summed E-state index contributed by atoms with van der Waals surface area (Å²) in [4.78, 5) is 12.3. The van der Waals surface area contributed by atoms with E-state index in [0.29, 0.717) is 24.3 Å². The maximum absolute atomic E-state index is 12.4. The van der Waals surface area contributed by atoms with Crippen LogP contribution in [0.1, 0.15) is 35.5 Å². The summed E-state index contributed by atoms with van der Waals surface area (Å²) < 4.78 is 36.3. The summed E-state index contributed by atoms with van der Waals surface area (Å²) in [6, 6.07) is 4.52. The first-order valence-corrected chi connectivity index (χ1v) is 7.92. The summed E-state index contributed by atoms with van der Waals surface area (Å²) in [7, 11) is 0. The van der Waals surface area contributed by atoms with Gasteiger partial charge in [-0.15, -0.1) is 0 Å². The van der Waals surface area contributed by atoms with Crippen LogP contribution in [-0.2, 0) is 6.54 Å². The minimum atomic E-state index is -2.93. The van der Waals surface area contributed by atoms with Crippen molar-refractivity contribution >= 4 is 11.9 Å². The summed E-state index contributed by atoms with van der Waals surface area (Å²) in [5, 5.41) is 4.14. The summed E-state index contributed by atoms with van der Waals surface area (Å²) in [6.07, 6.45) is 4.55. The van der Waals surface area contributed by atoms with E-state index in [9.17, 15) is 13.6 Å². The third kappa shape index (κ3) is 4.65. The summed E-state index contributed by atoms with van der Waals surface area (Å²) >= 11 is 0. The van der Waals surface area contributed by atoms with Crippen molar-refractivity contribution in [1.82, 2.24) is 9.78 Å². The van der Waals surface area contributed by atoms with Crippen molar-refractivity contribution in [3.8, 4) is 11.5 Å². The van der Waals surface area contributed by atoms with E-state index in [1.807, 2.05) is 13.8 Å². The van der Waals surface area contributed by atoms with Crippen LogP contribution in [-0.4, -0.2) is 28.8 Å². The highest BCUT2D eigenvalue weighted by atomic mass is 19.3. The molecule has 0 aliphatic carbocycles. The minimum Gasteiger partial charge on any atom is -0.490 e. The van der Waals surface area contributed by atoms with Crippen molar-refractivity contribution in [2.75, 3.05) is 6.61 Å². The van der Waals surface area contributed by atoms with Gasteiger partial charge in [0.25, 0.3) is 0 Å². The smallest absolute Gasteiger partial charge is 0.387 e. The fraction of sp³-hybridized carbons (Fsp3) is 0.333. The van der Waals surface area contributed by atoms with Gasteiger partial charge in [-0.25, -0.2) is 0 Å². The number of aromatic nitrogens is 2. The maximum atomic E-state index is 12.4. The molecule has 0 unspecified atom stereocenters. The van der Waals surface area contributed by atoms with E-state index in [2.05, 4.69) is 9.84 Å². The average molecular weight is 350 g/mol. The Kier molecular flexibility index (Phi) is 6.27. The molecule has 0 fully saturated rings. The van der Waals surface area contributed by atoms with Gasteiger partial charge in [0.15, 0.2) is 17.3 Å². The van der Waals surface area contributed by atoms with Crippen LogP contribution in [0.5, 0.6) is 11.5 Å². The highest BCUT2D eigenvalue weighted by Gasteiger charge is 2.13. The second kappa shape index (κ2) is 8.41. The largest absolute Gasteiger partial charge is 0.490 e. The SMILES string of the molecule is CCOc1cc(/C=C/C(=O)c2cnn(CC)c2C)ccc1OC(F)F. The van der Waals surface area contributed by atoms with Crippen molar-refractivity contribution in [3.05, 3.63) is 47.3 Å². The Hall–Kier alpha value is -2.70. The molecule has 1 aromatic heterocycles. The average Bonchev–Trinajstić information content (AvgIpc) is 2.95. The van der Waals surface area contributed by atoms with Crippen LogP contribution >= 0.6 is 0 Å². The molecule has 0 saturated carbocycles. The van der Waals surface area contributed by atoms with Crippen LogP contribution < -0.4 is 9.47 Å². The Morgan fingerprint density at radius 1 is 1.32 bits per heavy atom. The van der Waals surface area contributed by atoms with Crippen molar-refractivity contribution < 1.29 is 23.0 Å². The Morgan fingerprint density at radius 3 is 2.68 bits per heavy atom. The van der Waals surface area contributed by atoms with Gasteiger partial charge in [-0.05, 0) is 44.5 Å². The number of carbonyl (C=O) groups is 1. The lowest BCUT2D eigenvalue weighted by molar-refractivity contribution is -0.0514. The van der Waals surface area contributed by atoms with Gasteiger partial charge in [0.1, 0.15) is 0 Å². The van der Waals surface area contributed by atoms with Gasteiger partial charge in [-0.1, -0.05) is 12.1 Å². The van der Waals surface area contributed by atoms with E-state index in [1.165, 1.54) is 18.3 Å². The minimum absolute atomic E-state index is 0.0413. The highest BCUT2D eigenvalue weighted by molar-refractivity contribution is 6.07. The van der Waals surface area contributed by atoms with Crippen LogP contribution in [0.4, 0.5) is 8.78 Å². The van der Waals surface area contributed by atoms with Crippen molar-refractivity contribution in [3.63, 3.8) is 0 Å². The monoisotopic (exact) mass is 350 g/mol. The number of aryl methyl sites for hydroxylation is 1. The van der Waals surface area contributed by atoms with Crippen molar-refractivity contribution in [2.45, 2.75) is 33.9 Å². The third-order valence-electron chi connectivity index (χ3n) is 3.58. The van der Waals surface area contributed by atoms with Gasteiger partial charge in [0.05, 0.1) is 18.4 Å². The number of hydrogen-bond acceptors (Lipinski definition) is 4. The molecule has 1 heterocycles. The predicted octanol–water partition coefficient (Wildman–Crippen LogP) is 4.11. The molecule has 134 valence electrons. The topological polar surface area (TPSA) is 53.3 Å².